The molecule has 5 nitrogen and oxygen atoms in total. The van der Waals surface area contributed by atoms with Gasteiger partial charge < -0.3 is 9.64 Å². The summed E-state index contributed by atoms with van der Waals surface area (Å²) in [6, 6.07) is 12.2. The number of halogens is 1. The number of hydrazone groups is 1. The molecule has 1 amide bonds. The van der Waals surface area contributed by atoms with Gasteiger partial charge in [0.25, 0.3) is 5.91 Å². The lowest BCUT2D eigenvalue weighted by molar-refractivity contribution is 0.0954. The highest BCUT2D eigenvalue weighted by Crippen LogP contribution is 2.44. The van der Waals surface area contributed by atoms with Gasteiger partial charge in [-0.2, -0.15) is 5.10 Å². The number of methoxy groups -OCH3 is 1. The molecule has 6 heteroatoms. The molecule has 1 aliphatic rings. The molecule has 0 aromatic heterocycles. The van der Waals surface area contributed by atoms with Crippen LogP contribution in [0.5, 0.6) is 5.75 Å². The predicted molar refractivity (Wildman–Crippen MR) is 132 cm³/mol. The number of hydrogen-bond acceptors (Lipinski definition) is 4. The Morgan fingerprint density at radius 1 is 1.30 bits per heavy atom. The Hall–Kier alpha value is -2.09. The van der Waals surface area contributed by atoms with Gasteiger partial charge in [-0.1, -0.05) is 13.0 Å². The number of nitrogens with one attached hydrogen (secondary N) is 1. The van der Waals surface area contributed by atoms with Crippen LogP contribution in [0.4, 0.5) is 5.69 Å². The number of amides is 1. The second kappa shape index (κ2) is 8.96. The average Bonchev–Trinajstić information content (AvgIpc) is 2.67. The zero-order valence-corrected chi connectivity index (χ0v) is 20.6. The molecule has 30 heavy (non-hydrogen) atoms. The van der Waals surface area contributed by atoms with Gasteiger partial charge in [-0.3, -0.25) is 4.79 Å². The highest BCUT2D eigenvalue weighted by atomic mass is 127. The van der Waals surface area contributed by atoms with Gasteiger partial charge in [0.15, 0.2) is 0 Å². The summed E-state index contributed by atoms with van der Waals surface area (Å²) in [5.41, 5.74) is 6.85. The molecule has 0 saturated heterocycles. The summed E-state index contributed by atoms with van der Waals surface area (Å²) < 4.78 is 6.24. The Kier molecular flexibility index (Phi) is 6.75. The molecule has 0 bridgehead atoms. The van der Waals surface area contributed by atoms with Crippen LogP contribution in [0.25, 0.3) is 0 Å². The summed E-state index contributed by atoms with van der Waals surface area (Å²) in [5, 5.41) is 4.17. The summed E-state index contributed by atoms with van der Waals surface area (Å²) in [7, 11) is 1.59. The number of hydrogen-bond donors (Lipinski definition) is 1. The zero-order valence-electron chi connectivity index (χ0n) is 18.5. The summed E-state index contributed by atoms with van der Waals surface area (Å²) >= 11 is 2.17. The highest BCUT2D eigenvalue weighted by molar-refractivity contribution is 14.1. The van der Waals surface area contributed by atoms with Gasteiger partial charge in [0.1, 0.15) is 5.75 Å². The van der Waals surface area contributed by atoms with Gasteiger partial charge >= 0.3 is 0 Å². The Balaban J connectivity index is 1.78. The minimum Gasteiger partial charge on any atom is -0.496 e. The first kappa shape index (κ1) is 22.6. The maximum Gasteiger partial charge on any atom is 0.271 e. The van der Waals surface area contributed by atoms with Gasteiger partial charge in [0, 0.05) is 22.8 Å². The minimum atomic E-state index is -0.264. The molecule has 0 radical (unpaired) electrons. The van der Waals surface area contributed by atoms with Crippen molar-refractivity contribution in [1.29, 1.82) is 0 Å². The van der Waals surface area contributed by atoms with E-state index in [-0.39, 0.29) is 11.4 Å². The molecule has 160 valence electrons. The van der Waals surface area contributed by atoms with Crippen LogP contribution in [0.2, 0.25) is 0 Å². The fraction of sp³-hybridized carbons (Fsp3) is 0.417. The van der Waals surface area contributed by atoms with Gasteiger partial charge in [-0.05, 0) is 104 Å². The Bertz CT molecular complexity index is 969. The lowest BCUT2D eigenvalue weighted by Gasteiger charge is -2.50. The molecule has 3 rings (SSSR count). The first-order chi connectivity index (χ1) is 14.1. The minimum absolute atomic E-state index is 0.124. The highest BCUT2D eigenvalue weighted by Gasteiger charge is 2.37. The van der Waals surface area contributed by atoms with Gasteiger partial charge in [-0.15, -0.1) is 0 Å². The number of carbonyl (C=O) groups is 1. The molecule has 2 aromatic rings. The smallest absolute Gasteiger partial charge is 0.271 e. The molecule has 0 unspecified atom stereocenters. The van der Waals surface area contributed by atoms with Crippen molar-refractivity contribution in [2.45, 2.75) is 58.5 Å². The fourth-order valence-corrected chi connectivity index (χ4v) is 5.11. The summed E-state index contributed by atoms with van der Waals surface area (Å²) in [5.74, 6) is 0.876. The van der Waals surface area contributed by atoms with E-state index in [0.717, 1.165) is 15.6 Å². The molecule has 2 aromatic carbocycles. The number of fused-ring (bicyclic) bond motifs is 1. The van der Waals surface area contributed by atoms with Gasteiger partial charge in [-0.25, -0.2) is 5.43 Å². The van der Waals surface area contributed by atoms with E-state index in [2.05, 4.69) is 90.8 Å². The number of anilines is 1. The number of ether oxygens (including phenoxy) is 1. The van der Waals surface area contributed by atoms with E-state index < -0.39 is 0 Å². The fourth-order valence-electron chi connectivity index (χ4n) is 4.56. The summed E-state index contributed by atoms with van der Waals surface area (Å²) in [6.07, 6.45) is 2.80. The quantitative estimate of drug-likeness (QED) is 0.320. The first-order valence-electron chi connectivity index (χ1n) is 10.2. The molecule has 1 atom stereocenters. The second-order valence-corrected chi connectivity index (χ2v) is 9.91. The maximum atomic E-state index is 12.4. The van der Waals surface area contributed by atoms with Crippen molar-refractivity contribution >= 4 is 40.4 Å². The zero-order chi connectivity index (χ0) is 22.1. The third-order valence-electron chi connectivity index (χ3n) is 5.61. The van der Waals surface area contributed by atoms with E-state index in [0.29, 0.717) is 23.3 Å². The Morgan fingerprint density at radius 3 is 2.70 bits per heavy atom. The largest absolute Gasteiger partial charge is 0.496 e. The van der Waals surface area contributed by atoms with Gasteiger partial charge in [0.2, 0.25) is 0 Å². The van der Waals surface area contributed by atoms with E-state index in [1.807, 2.05) is 6.07 Å². The standard InChI is InChI=1S/C24H30IN3O2/c1-15(2)28-21-10-7-17(11-19(21)16(3)13-24(28,4)5)14-26-27-23(29)18-8-9-20(25)22(12-18)30-6/h7-12,14-16H,13H2,1-6H3,(H,27,29)/b26-14+/t16-/m1/s1. The van der Waals surface area contributed by atoms with E-state index in [9.17, 15) is 4.79 Å². The number of rotatable bonds is 5. The van der Waals surface area contributed by atoms with Crippen LogP contribution >= 0.6 is 22.6 Å². The van der Waals surface area contributed by atoms with Crippen molar-refractivity contribution in [3.63, 3.8) is 0 Å². The van der Waals surface area contributed by atoms with Crippen LogP contribution in [0.3, 0.4) is 0 Å². The summed E-state index contributed by atoms with van der Waals surface area (Å²) in [6.45, 7) is 11.4. The molecule has 0 spiro atoms. The van der Waals surface area contributed by atoms with Crippen molar-refractivity contribution < 1.29 is 9.53 Å². The third kappa shape index (κ3) is 4.63. The second-order valence-electron chi connectivity index (χ2n) is 8.75. The molecular weight excluding hydrogens is 489 g/mol. The lowest BCUT2D eigenvalue weighted by Crippen LogP contribution is -2.51. The van der Waals surface area contributed by atoms with Crippen molar-refractivity contribution in [2.24, 2.45) is 5.10 Å². The van der Waals surface area contributed by atoms with Crippen LogP contribution in [0.1, 0.15) is 68.4 Å². The molecule has 1 N–H and O–H groups in total. The molecule has 0 saturated carbocycles. The van der Waals surface area contributed by atoms with Crippen molar-refractivity contribution in [3.05, 3.63) is 56.7 Å². The SMILES string of the molecule is COc1cc(C(=O)N/N=C/c2ccc3c(c2)[C@H](C)CC(C)(C)N3C(C)C)ccc1I. The Labute approximate surface area is 193 Å². The lowest BCUT2D eigenvalue weighted by atomic mass is 9.79. The van der Waals surface area contributed by atoms with E-state index in [1.165, 1.54) is 11.3 Å². The monoisotopic (exact) mass is 519 g/mol. The molecular formula is C24H30IN3O2. The molecule has 1 aliphatic heterocycles. The maximum absolute atomic E-state index is 12.4. The van der Waals surface area contributed by atoms with Crippen molar-refractivity contribution in [1.82, 2.24) is 5.43 Å². The van der Waals surface area contributed by atoms with Crippen LogP contribution in [0.15, 0.2) is 41.5 Å². The molecule has 1 heterocycles. The van der Waals surface area contributed by atoms with Crippen LogP contribution in [0, 0.1) is 3.57 Å². The number of nitrogens with zero attached hydrogens (tertiary/aromatic N) is 2. The average molecular weight is 519 g/mol. The van der Waals surface area contributed by atoms with Gasteiger partial charge in [0.05, 0.1) is 16.9 Å². The van der Waals surface area contributed by atoms with Crippen LogP contribution in [-0.2, 0) is 0 Å². The first-order valence-corrected chi connectivity index (χ1v) is 11.3. The van der Waals surface area contributed by atoms with Crippen LogP contribution < -0.4 is 15.1 Å². The van der Waals surface area contributed by atoms with Crippen molar-refractivity contribution in [3.8, 4) is 5.75 Å². The number of benzene rings is 2. The normalized spacial score (nSPS) is 17.9. The third-order valence-corrected chi connectivity index (χ3v) is 6.50. The number of carbonyl (C=O) groups excluding carboxylic acids is 1. The van der Waals surface area contributed by atoms with E-state index in [4.69, 9.17) is 4.74 Å². The molecule has 0 fully saturated rings. The Morgan fingerprint density at radius 2 is 2.03 bits per heavy atom. The summed E-state index contributed by atoms with van der Waals surface area (Å²) in [4.78, 5) is 14.9. The van der Waals surface area contributed by atoms with Crippen molar-refractivity contribution in [2.75, 3.05) is 12.0 Å². The van der Waals surface area contributed by atoms with E-state index >= 15 is 0 Å². The van der Waals surface area contributed by atoms with Crippen LogP contribution in [-0.4, -0.2) is 30.8 Å². The topological polar surface area (TPSA) is 53.9 Å². The predicted octanol–water partition coefficient (Wildman–Crippen LogP) is 5.56. The molecule has 0 aliphatic carbocycles. The van der Waals surface area contributed by atoms with E-state index in [1.54, 1.807) is 25.5 Å².